The van der Waals surface area contributed by atoms with E-state index in [1.807, 2.05) is 54.1 Å². The molecule has 3 aromatic carbocycles. The fraction of sp³-hybridized carbons (Fsp3) is 0.417. The van der Waals surface area contributed by atoms with Crippen LogP contribution < -0.4 is 14.8 Å². The molecule has 44 heavy (non-hydrogen) atoms. The van der Waals surface area contributed by atoms with Crippen molar-refractivity contribution >= 4 is 33.9 Å². The highest BCUT2D eigenvalue weighted by molar-refractivity contribution is 8.16. The van der Waals surface area contributed by atoms with Gasteiger partial charge in [-0.2, -0.15) is 0 Å². The number of aryl methyl sites for hydroxylation is 1. The summed E-state index contributed by atoms with van der Waals surface area (Å²) >= 11 is 1.05. The highest BCUT2D eigenvalue weighted by Gasteiger charge is 2.51. The van der Waals surface area contributed by atoms with Gasteiger partial charge in [-0.05, 0) is 134 Å². The van der Waals surface area contributed by atoms with Crippen LogP contribution in [0.2, 0.25) is 0 Å². The predicted molar refractivity (Wildman–Crippen MR) is 171 cm³/mol. The van der Waals surface area contributed by atoms with Gasteiger partial charge in [0.1, 0.15) is 34.4 Å². The van der Waals surface area contributed by atoms with Gasteiger partial charge >= 0.3 is 0 Å². The summed E-state index contributed by atoms with van der Waals surface area (Å²) in [5, 5.41) is 2.08. The zero-order valence-electron chi connectivity index (χ0n) is 25.2. The number of aromatic nitrogens is 2. The van der Waals surface area contributed by atoms with Crippen molar-refractivity contribution in [2.24, 2.45) is 24.8 Å². The van der Waals surface area contributed by atoms with Gasteiger partial charge in [0.05, 0.1) is 11.0 Å². The van der Waals surface area contributed by atoms with Crippen molar-refractivity contribution in [3.05, 3.63) is 83.7 Å². The molecule has 226 valence electrons. The van der Waals surface area contributed by atoms with Gasteiger partial charge in [-0.25, -0.2) is 4.98 Å². The van der Waals surface area contributed by atoms with Crippen molar-refractivity contribution in [3.63, 3.8) is 0 Å². The molecular weight excluding hydrogens is 570 g/mol. The van der Waals surface area contributed by atoms with E-state index in [2.05, 4.69) is 29.6 Å². The normalized spacial score (nSPS) is 28.9. The maximum atomic E-state index is 12.2. The average Bonchev–Trinajstić information content (AvgIpc) is 3.44. The van der Waals surface area contributed by atoms with Crippen LogP contribution in [0.5, 0.6) is 17.2 Å². The highest BCUT2D eigenvalue weighted by Crippen LogP contribution is 2.60. The molecule has 2 amide bonds. The van der Waals surface area contributed by atoms with Crippen molar-refractivity contribution in [1.82, 2.24) is 14.9 Å². The second-order valence-electron chi connectivity index (χ2n) is 13.7. The van der Waals surface area contributed by atoms with Crippen molar-refractivity contribution < 1.29 is 19.1 Å². The Bertz CT molecular complexity index is 1730. The second kappa shape index (κ2) is 10.4. The van der Waals surface area contributed by atoms with Crippen LogP contribution in [0.3, 0.4) is 0 Å². The number of hydrogen-bond donors (Lipinski definition) is 1. The number of carbonyl (C=O) groups excluding carboxylic acids is 2. The molecule has 4 bridgehead atoms. The topological polar surface area (TPSA) is 82.5 Å². The van der Waals surface area contributed by atoms with E-state index < -0.39 is 4.75 Å². The number of imide groups is 1. The third-order valence-electron chi connectivity index (χ3n) is 10.5. The minimum Gasteiger partial charge on any atom is -0.486 e. The van der Waals surface area contributed by atoms with Crippen molar-refractivity contribution in [2.45, 2.75) is 68.6 Å². The van der Waals surface area contributed by atoms with E-state index >= 15 is 0 Å². The van der Waals surface area contributed by atoms with Crippen LogP contribution in [0.25, 0.3) is 11.0 Å². The van der Waals surface area contributed by atoms with Crippen LogP contribution in [0.1, 0.15) is 62.4 Å². The fourth-order valence-electron chi connectivity index (χ4n) is 8.75. The molecule has 1 saturated heterocycles. The Kier molecular flexibility index (Phi) is 6.56. The minimum atomic E-state index is -0.785. The lowest BCUT2D eigenvalue weighted by Crippen LogP contribution is -2.48. The van der Waals surface area contributed by atoms with Gasteiger partial charge in [-0.15, -0.1) is 0 Å². The Morgan fingerprint density at radius 3 is 2.16 bits per heavy atom. The molecule has 4 saturated carbocycles. The van der Waals surface area contributed by atoms with Crippen molar-refractivity contribution in [3.8, 4) is 17.2 Å². The molecule has 9 rings (SSSR count). The van der Waals surface area contributed by atoms with E-state index in [0.717, 1.165) is 63.4 Å². The summed E-state index contributed by atoms with van der Waals surface area (Å²) in [5.74, 6) is 5.75. The molecule has 1 N–H and O–H groups in total. The van der Waals surface area contributed by atoms with Gasteiger partial charge in [0.25, 0.3) is 5.24 Å². The molecule has 4 aromatic rings. The maximum Gasteiger partial charge on any atom is 0.286 e. The number of hydrogen-bond acceptors (Lipinski definition) is 6. The van der Waals surface area contributed by atoms with Gasteiger partial charge in [-0.1, -0.05) is 24.3 Å². The molecule has 5 aliphatic rings. The number of nitrogens with zero attached hydrogens (tertiary/aromatic N) is 2. The van der Waals surface area contributed by atoms with Gasteiger partial charge in [0.15, 0.2) is 0 Å². The first-order chi connectivity index (χ1) is 21.2. The fourth-order valence-corrected chi connectivity index (χ4v) is 9.68. The first-order valence-electron chi connectivity index (χ1n) is 15.7. The predicted octanol–water partition coefficient (Wildman–Crippen LogP) is 7.70. The molecule has 7 nitrogen and oxygen atoms in total. The van der Waals surface area contributed by atoms with Gasteiger partial charge in [0.2, 0.25) is 5.91 Å². The largest absolute Gasteiger partial charge is 0.486 e. The number of benzene rings is 3. The summed E-state index contributed by atoms with van der Waals surface area (Å²) in [5.41, 5.74) is 4.75. The monoisotopic (exact) mass is 607 g/mol. The standard InChI is InChI=1S/C36H37N3O4S/c1-35(33(40)38-34(41)44-35)17-22-3-7-27(8-4-22)42-21-32-37-30-12-11-29(16-31(30)39(32)2)43-28-9-5-26(6-10-28)36-18-23-13-24(19-36)15-25(14-23)20-36/h3-12,16,23-25H,13-15,17-21H2,1-2H3,(H,38,40,41). The van der Waals surface area contributed by atoms with E-state index in [4.69, 9.17) is 14.5 Å². The van der Waals surface area contributed by atoms with E-state index in [1.165, 1.54) is 44.1 Å². The molecule has 1 atom stereocenters. The van der Waals surface area contributed by atoms with Crippen LogP contribution in [0.4, 0.5) is 4.79 Å². The lowest BCUT2D eigenvalue weighted by molar-refractivity contribution is -0.121. The molecule has 1 unspecified atom stereocenters. The van der Waals surface area contributed by atoms with Crippen molar-refractivity contribution in [2.75, 3.05) is 0 Å². The smallest absolute Gasteiger partial charge is 0.286 e. The minimum absolute atomic E-state index is 0.242. The Labute approximate surface area is 261 Å². The SMILES string of the molecule is Cn1c(COc2ccc(CC3(C)SC(=O)NC3=O)cc2)nc2ccc(Oc3ccc(C45CC6CC(CC(C6)C4)C5)cc3)cc21. The lowest BCUT2D eigenvalue weighted by Gasteiger charge is -2.57. The molecule has 1 aliphatic heterocycles. The summed E-state index contributed by atoms with van der Waals surface area (Å²) in [4.78, 5) is 28.6. The van der Waals surface area contributed by atoms with Crippen LogP contribution in [0.15, 0.2) is 66.7 Å². The Hall–Kier alpha value is -3.78. The van der Waals surface area contributed by atoms with Crippen LogP contribution >= 0.6 is 11.8 Å². The quantitative estimate of drug-likeness (QED) is 0.221. The number of amides is 2. The molecule has 0 spiro atoms. The van der Waals surface area contributed by atoms with Gasteiger partial charge in [-0.3, -0.25) is 14.9 Å². The summed E-state index contributed by atoms with van der Waals surface area (Å²) < 4.78 is 13.6. The lowest BCUT2D eigenvalue weighted by atomic mass is 9.48. The number of rotatable bonds is 8. The number of imidazole rings is 1. The third-order valence-corrected chi connectivity index (χ3v) is 11.6. The summed E-state index contributed by atoms with van der Waals surface area (Å²) in [6.07, 6.45) is 8.97. The van der Waals surface area contributed by atoms with E-state index in [0.29, 0.717) is 24.2 Å². The molecule has 0 radical (unpaired) electrons. The Morgan fingerprint density at radius 2 is 1.52 bits per heavy atom. The molecule has 2 heterocycles. The Morgan fingerprint density at radius 1 is 0.886 bits per heavy atom. The van der Waals surface area contributed by atoms with Crippen LogP contribution in [-0.4, -0.2) is 25.4 Å². The number of nitrogens with one attached hydrogen (secondary N) is 1. The first-order valence-corrected chi connectivity index (χ1v) is 16.6. The average molecular weight is 608 g/mol. The number of carbonyl (C=O) groups is 2. The van der Waals surface area contributed by atoms with Gasteiger partial charge < -0.3 is 14.0 Å². The second-order valence-corrected chi connectivity index (χ2v) is 15.2. The summed E-state index contributed by atoms with van der Waals surface area (Å²) in [7, 11) is 1.99. The Balaban J connectivity index is 0.918. The zero-order valence-corrected chi connectivity index (χ0v) is 26.0. The van der Waals surface area contributed by atoms with E-state index in [-0.39, 0.29) is 11.1 Å². The highest BCUT2D eigenvalue weighted by atomic mass is 32.2. The maximum absolute atomic E-state index is 12.2. The molecule has 4 aliphatic carbocycles. The zero-order chi connectivity index (χ0) is 30.1. The molecule has 5 fully saturated rings. The first kappa shape index (κ1) is 27.7. The van der Waals surface area contributed by atoms with E-state index in [1.54, 1.807) is 6.92 Å². The molecular formula is C36H37N3O4S. The number of ether oxygens (including phenoxy) is 2. The number of thioether (sulfide) groups is 1. The molecule has 1 aromatic heterocycles. The number of fused-ring (bicyclic) bond motifs is 1. The van der Waals surface area contributed by atoms with Crippen LogP contribution in [-0.2, 0) is 30.3 Å². The van der Waals surface area contributed by atoms with Gasteiger partial charge in [0, 0.05) is 13.1 Å². The summed E-state index contributed by atoms with van der Waals surface area (Å²) in [6.45, 7) is 2.11. The third kappa shape index (κ3) is 4.97. The van der Waals surface area contributed by atoms with Crippen LogP contribution in [0, 0.1) is 17.8 Å². The molecule has 8 heteroatoms. The van der Waals surface area contributed by atoms with Crippen molar-refractivity contribution in [1.29, 1.82) is 0 Å². The van der Waals surface area contributed by atoms with E-state index in [9.17, 15) is 9.59 Å². The summed E-state index contributed by atoms with van der Waals surface area (Å²) in [6, 6.07) is 22.6.